The molecule has 0 saturated heterocycles. The van der Waals surface area contributed by atoms with Gasteiger partial charge in [0.2, 0.25) is 5.91 Å². The highest BCUT2D eigenvalue weighted by Crippen LogP contribution is 2.22. The highest BCUT2D eigenvalue weighted by Gasteiger charge is 2.06. The Morgan fingerprint density at radius 3 is 2.71 bits per heavy atom. The highest BCUT2D eigenvalue weighted by molar-refractivity contribution is 5.91. The lowest BCUT2D eigenvalue weighted by molar-refractivity contribution is -0.116. The second-order valence-electron chi connectivity index (χ2n) is 6.20. The molecule has 1 aromatic heterocycles. The number of hydrogen-bond donors (Lipinski definition) is 1. The van der Waals surface area contributed by atoms with E-state index in [4.69, 9.17) is 9.47 Å². The molecule has 0 bridgehead atoms. The fourth-order valence-electron chi connectivity index (χ4n) is 2.66. The maximum Gasteiger partial charge on any atom is 0.244 e. The first-order valence-electron chi connectivity index (χ1n) is 8.93. The molecule has 0 saturated carbocycles. The van der Waals surface area contributed by atoms with Gasteiger partial charge in [-0.3, -0.25) is 9.48 Å². The highest BCUT2D eigenvalue weighted by atomic mass is 16.5. The third-order valence-electron chi connectivity index (χ3n) is 4.08. The molecule has 0 aliphatic heterocycles. The van der Waals surface area contributed by atoms with Crippen molar-refractivity contribution in [2.24, 2.45) is 7.05 Å². The molecule has 144 valence electrons. The lowest BCUT2D eigenvalue weighted by Gasteiger charge is -2.11. The number of para-hydroxylation sites is 1. The lowest BCUT2D eigenvalue weighted by Crippen LogP contribution is -2.20. The minimum absolute atomic E-state index is 0.177. The number of aryl methyl sites for hydroxylation is 1. The van der Waals surface area contributed by atoms with Crippen molar-refractivity contribution in [2.75, 3.05) is 7.11 Å². The van der Waals surface area contributed by atoms with Gasteiger partial charge in [0.05, 0.1) is 19.3 Å². The zero-order valence-corrected chi connectivity index (χ0v) is 16.0. The Kier molecular flexibility index (Phi) is 6.46. The Hall–Kier alpha value is -3.54. The van der Waals surface area contributed by atoms with E-state index in [0.717, 1.165) is 28.3 Å². The maximum atomic E-state index is 12.0. The van der Waals surface area contributed by atoms with Crippen LogP contribution in [0.1, 0.15) is 16.8 Å². The predicted molar refractivity (Wildman–Crippen MR) is 108 cm³/mol. The van der Waals surface area contributed by atoms with Gasteiger partial charge in [-0.25, -0.2) is 0 Å². The Labute approximate surface area is 164 Å². The van der Waals surface area contributed by atoms with Crippen LogP contribution in [0, 0.1) is 0 Å². The molecule has 0 fully saturated rings. The Morgan fingerprint density at radius 2 is 2.00 bits per heavy atom. The first-order valence-corrected chi connectivity index (χ1v) is 8.93. The molecular formula is C22H23N3O3. The minimum Gasteiger partial charge on any atom is -0.496 e. The molecule has 3 rings (SSSR count). The summed E-state index contributed by atoms with van der Waals surface area (Å²) in [5.41, 5.74) is 2.61. The molecule has 0 radical (unpaired) electrons. The molecule has 6 heteroatoms. The van der Waals surface area contributed by atoms with Crippen molar-refractivity contribution in [1.82, 2.24) is 15.1 Å². The molecule has 1 N–H and O–H groups in total. The molecule has 28 heavy (non-hydrogen) atoms. The quantitative estimate of drug-likeness (QED) is 0.612. The van der Waals surface area contributed by atoms with Crippen molar-refractivity contribution in [3.8, 4) is 11.5 Å². The van der Waals surface area contributed by atoms with Crippen LogP contribution in [-0.4, -0.2) is 22.8 Å². The predicted octanol–water partition coefficient (Wildman–Crippen LogP) is 3.34. The Balaban J connectivity index is 1.61. The molecule has 0 aliphatic rings. The van der Waals surface area contributed by atoms with Gasteiger partial charge in [-0.05, 0) is 42.0 Å². The molecule has 0 atom stereocenters. The van der Waals surface area contributed by atoms with E-state index in [1.54, 1.807) is 17.9 Å². The number of nitrogens with zero attached hydrogens (tertiary/aromatic N) is 2. The number of hydrogen-bond acceptors (Lipinski definition) is 4. The lowest BCUT2D eigenvalue weighted by atomic mass is 10.1. The van der Waals surface area contributed by atoms with Gasteiger partial charge in [-0.2, -0.15) is 5.10 Å². The third-order valence-corrected chi connectivity index (χ3v) is 4.08. The zero-order valence-electron chi connectivity index (χ0n) is 16.0. The number of rotatable bonds is 8. The van der Waals surface area contributed by atoms with Crippen LogP contribution < -0.4 is 14.8 Å². The van der Waals surface area contributed by atoms with Crippen molar-refractivity contribution in [1.29, 1.82) is 0 Å². The Morgan fingerprint density at radius 1 is 1.18 bits per heavy atom. The number of nitrogens with one attached hydrogen (secondary N) is 1. The van der Waals surface area contributed by atoms with Gasteiger partial charge in [0, 0.05) is 24.9 Å². The van der Waals surface area contributed by atoms with Crippen LogP contribution in [0.5, 0.6) is 11.5 Å². The number of benzene rings is 2. The second-order valence-corrected chi connectivity index (χ2v) is 6.20. The molecular weight excluding hydrogens is 354 g/mol. The van der Waals surface area contributed by atoms with Crippen LogP contribution in [0.3, 0.4) is 0 Å². The molecule has 1 amide bonds. The summed E-state index contributed by atoms with van der Waals surface area (Å²) in [5, 5.41) is 7.04. The van der Waals surface area contributed by atoms with Crippen molar-refractivity contribution in [3.63, 3.8) is 0 Å². The van der Waals surface area contributed by atoms with Crippen molar-refractivity contribution in [3.05, 3.63) is 83.7 Å². The van der Waals surface area contributed by atoms with Gasteiger partial charge in [0.25, 0.3) is 0 Å². The number of amides is 1. The summed E-state index contributed by atoms with van der Waals surface area (Å²) < 4.78 is 12.9. The smallest absolute Gasteiger partial charge is 0.244 e. The summed E-state index contributed by atoms with van der Waals surface area (Å²) in [5.74, 6) is 1.36. The number of ether oxygens (including phenoxy) is 2. The molecule has 6 nitrogen and oxygen atoms in total. The second kappa shape index (κ2) is 9.41. The van der Waals surface area contributed by atoms with Gasteiger partial charge >= 0.3 is 0 Å². The van der Waals surface area contributed by atoms with E-state index in [-0.39, 0.29) is 5.91 Å². The third kappa shape index (κ3) is 5.48. The standard InChI is InChI=1S/C22H23N3O3/c1-25-13-12-19(24-25)15-23-22(26)11-9-17-8-10-21(27-2)18(14-17)16-28-20-6-4-3-5-7-20/h3-14H,15-16H2,1-2H3,(H,23,26)/b11-9+. The largest absolute Gasteiger partial charge is 0.496 e. The first-order chi connectivity index (χ1) is 13.6. The normalized spacial score (nSPS) is 10.8. The van der Waals surface area contributed by atoms with Crippen molar-refractivity contribution >= 4 is 12.0 Å². The van der Waals surface area contributed by atoms with E-state index >= 15 is 0 Å². The summed E-state index contributed by atoms with van der Waals surface area (Å²) in [7, 11) is 3.47. The van der Waals surface area contributed by atoms with Crippen molar-refractivity contribution in [2.45, 2.75) is 13.2 Å². The fraction of sp³-hybridized carbons (Fsp3) is 0.182. The van der Waals surface area contributed by atoms with E-state index in [1.165, 1.54) is 6.08 Å². The van der Waals surface area contributed by atoms with E-state index < -0.39 is 0 Å². The van der Waals surface area contributed by atoms with E-state index in [2.05, 4.69) is 10.4 Å². The van der Waals surface area contributed by atoms with Crippen LogP contribution in [0.25, 0.3) is 6.08 Å². The summed E-state index contributed by atoms with van der Waals surface area (Å²) in [6.07, 6.45) is 5.11. The van der Waals surface area contributed by atoms with Crippen LogP contribution in [-0.2, 0) is 25.0 Å². The average molecular weight is 377 g/mol. The van der Waals surface area contributed by atoms with Gasteiger partial charge in [-0.15, -0.1) is 0 Å². The summed E-state index contributed by atoms with van der Waals surface area (Å²) in [6, 6.07) is 17.2. The SMILES string of the molecule is COc1ccc(/C=C/C(=O)NCc2ccn(C)n2)cc1COc1ccccc1. The minimum atomic E-state index is -0.177. The van der Waals surface area contributed by atoms with Crippen LogP contribution in [0.15, 0.2) is 66.9 Å². The van der Waals surface area contributed by atoms with Crippen molar-refractivity contribution < 1.29 is 14.3 Å². The zero-order chi connectivity index (χ0) is 19.8. The molecule has 0 aliphatic carbocycles. The summed E-state index contributed by atoms with van der Waals surface area (Å²) >= 11 is 0. The number of methoxy groups -OCH3 is 1. The van der Waals surface area contributed by atoms with Crippen LogP contribution >= 0.6 is 0 Å². The average Bonchev–Trinajstić information content (AvgIpc) is 3.15. The van der Waals surface area contributed by atoms with E-state index in [0.29, 0.717) is 13.2 Å². The molecule has 3 aromatic rings. The van der Waals surface area contributed by atoms with Gasteiger partial charge in [0.15, 0.2) is 0 Å². The molecule has 0 spiro atoms. The fourth-order valence-corrected chi connectivity index (χ4v) is 2.66. The van der Waals surface area contributed by atoms with Gasteiger partial charge in [-0.1, -0.05) is 24.3 Å². The number of carbonyl (C=O) groups excluding carboxylic acids is 1. The number of carbonyl (C=O) groups is 1. The monoisotopic (exact) mass is 377 g/mol. The van der Waals surface area contributed by atoms with Gasteiger partial charge in [0.1, 0.15) is 18.1 Å². The van der Waals surface area contributed by atoms with Crippen LogP contribution in [0.2, 0.25) is 0 Å². The number of aromatic nitrogens is 2. The topological polar surface area (TPSA) is 65.4 Å². The summed E-state index contributed by atoms with van der Waals surface area (Å²) in [4.78, 5) is 12.0. The first kappa shape index (κ1) is 19.2. The summed E-state index contributed by atoms with van der Waals surface area (Å²) in [6.45, 7) is 0.767. The molecule has 2 aromatic carbocycles. The van der Waals surface area contributed by atoms with Gasteiger partial charge < -0.3 is 14.8 Å². The maximum absolute atomic E-state index is 12.0. The molecule has 1 heterocycles. The van der Waals surface area contributed by atoms with E-state index in [9.17, 15) is 4.79 Å². The van der Waals surface area contributed by atoms with Crippen LogP contribution in [0.4, 0.5) is 0 Å². The molecule has 0 unspecified atom stereocenters. The van der Waals surface area contributed by atoms with E-state index in [1.807, 2.05) is 67.8 Å². The Bertz CT molecular complexity index is 949.